The fourth-order valence-electron chi connectivity index (χ4n) is 5.54. The lowest BCUT2D eigenvalue weighted by molar-refractivity contribution is -0.165. The Kier molecular flexibility index (Phi) is 11.4. The van der Waals surface area contributed by atoms with E-state index in [1.807, 2.05) is 19.1 Å². The third-order valence-corrected chi connectivity index (χ3v) is 7.75. The fraction of sp³-hybridized carbons (Fsp3) is 0.469. The van der Waals surface area contributed by atoms with Crippen molar-refractivity contribution in [3.8, 4) is 0 Å². The molecule has 3 aromatic rings. The number of methoxy groups -OCH3 is 1. The SMILES string of the molecule is C=CCC[C@@H](CC[C@H](C)C(=O)OC)C[C@H]1O[C@@H](n2cnc3c(NC(=O)c4ccccc4)ncnc32)C(OC(C)=O)[C@H]1OC(C)=O. The van der Waals surface area contributed by atoms with Gasteiger partial charge in [0.1, 0.15) is 12.4 Å². The van der Waals surface area contributed by atoms with Crippen LogP contribution in [0.4, 0.5) is 5.82 Å². The Hall–Kier alpha value is -4.65. The van der Waals surface area contributed by atoms with Gasteiger partial charge in [0, 0.05) is 19.4 Å². The van der Waals surface area contributed by atoms with Crippen molar-refractivity contribution in [3.05, 3.63) is 61.2 Å². The molecule has 1 aromatic carbocycles. The molecular weight excluding hydrogens is 582 g/mol. The van der Waals surface area contributed by atoms with Crippen LogP contribution in [0.15, 0.2) is 55.6 Å². The summed E-state index contributed by atoms with van der Waals surface area (Å²) in [5, 5.41) is 2.77. The number of amides is 1. The molecule has 1 saturated heterocycles. The molecule has 240 valence electrons. The number of nitrogens with zero attached hydrogens (tertiary/aromatic N) is 4. The van der Waals surface area contributed by atoms with E-state index in [0.717, 1.165) is 12.8 Å². The van der Waals surface area contributed by atoms with Crippen LogP contribution in [0.25, 0.3) is 11.2 Å². The molecule has 45 heavy (non-hydrogen) atoms. The van der Waals surface area contributed by atoms with Gasteiger partial charge in [0.05, 0.1) is 19.4 Å². The first-order chi connectivity index (χ1) is 21.6. The average molecular weight is 622 g/mol. The normalized spacial score (nSPS) is 20.6. The Labute approximate surface area is 261 Å². The second-order valence-electron chi connectivity index (χ2n) is 11.0. The fourth-order valence-corrected chi connectivity index (χ4v) is 5.54. The summed E-state index contributed by atoms with van der Waals surface area (Å²) in [5.74, 6) is -1.83. The highest BCUT2D eigenvalue weighted by atomic mass is 16.6. The van der Waals surface area contributed by atoms with Crippen LogP contribution in [0, 0.1) is 11.8 Å². The highest BCUT2D eigenvalue weighted by molar-refractivity contribution is 6.06. The molecule has 1 aliphatic heterocycles. The standard InChI is InChI=1S/C32H39N5O8/c1-6-7-11-22(15-14-19(2)32(41)42-5)16-24-26(43-20(3)38)27(44-21(4)39)31(45-24)37-18-35-25-28(33-17-34-29(25)37)36-30(40)23-12-9-8-10-13-23/h6,8-10,12-13,17-19,22,24,26-27,31H,1,7,11,14-16H2,2-5H3,(H,33,34,36,40)/t19-,22-,24+,26-,27?,31+/m0/s1. The Morgan fingerprint density at radius 3 is 2.40 bits per heavy atom. The number of carbonyl (C=O) groups excluding carboxylic acids is 4. The van der Waals surface area contributed by atoms with Crippen molar-refractivity contribution in [1.29, 1.82) is 0 Å². The van der Waals surface area contributed by atoms with Crippen LogP contribution in [0.1, 0.15) is 69.5 Å². The molecule has 0 aliphatic carbocycles. The Morgan fingerprint density at radius 2 is 1.73 bits per heavy atom. The van der Waals surface area contributed by atoms with Crippen LogP contribution in [-0.4, -0.2) is 68.8 Å². The van der Waals surface area contributed by atoms with Gasteiger partial charge in [0.25, 0.3) is 5.91 Å². The molecule has 1 fully saturated rings. The molecule has 1 amide bonds. The summed E-state index contributed by atoms with van der Waals surface area (Å²) < 4.78 is 24.4. The van der Waals surface area contributed by atoms with E-state index in [9.17, 15) is 19.2 Å². The summed E-state index contributed by atoms with van der Waals surface area (Å²) >= 11 is 0. The summed E-state index contributed by atoms with van der Waals surface area (Å²) in [6.45, 7) is 8.20. The summed E-state index contributed by atoms with van der Waals surface area (Å²) in [7, 11) is 1.37. The largest absolute Gasteiger partial charge is 0.469 e. The van der Waals surface area contributed by atoms with Gasteiger partial charge in [0.2, 0.25) is 0 Å². The zero-order valence-electron chi connectivity index (χ0n) is 25.9. The lowest BCUT2D eigenvalue weighted by Gasteiger charge is -2.26. The zero-order valence-corrected chi connectivity index (χ0v) is 25.9. The number of anilines is 1. The van der Waals surface area contributed by atoms with Crippen LogP contribution in [0.2, 0.25) is 0 Å². The first-order valence-corrected chi connectivity index (χ1v) is 14.8. The van der Waals surface area contributed by atoms with E-state index >= 15 is 0 Å². The summed E-state index contributed by atoms with van der Waals surface area (Å²) in [4.78, 5) is 62.5. The maximum absolute atomic E-state index is 12.8. The van der Waals surface area contributed by atoms with Crippen LogP contribution >= 0.6 is 0 Å². The smallest absolute Gasteiger partial charge is 0.308 e. The molecule has 2 aromatic heterocycles. The minimum atomic E-state index is -1.03. The number of hydrogen-bond donors (Lipinski definition) is 1. The number of allylic oxidation sites excluding steroid dienone is 1. The minimum absolute atomic E-state index is 0.0663. The number of aromatic nitrogens is 4. The van der Waals surface area contributed by atoms with Crippen LogP contribution in [0.5, 0.6) is 0 Å². The zero-order chi connectivity index (χ0) is 32.5. The van der Waals surface area contributed by atoms with Gasteiger partial charge in [-0.15, -0.1) is 6.58 Å². The van der Waals surface area contributed by atoms with E-state index in [1.54, 1.807) is 28.8 Å². The number of fused-ring (bicyclic) bond motifs is 1. The minimum Gasteiger partial charge on any atom is -0.469 e. The average Bonchev–Trinajstić information content (AvgIpc) is 3.59. The van der Waals surface area contributed by atoms with Gasteiger partial charge in [0.15, 0.2) is 35.4 Å². The first-order valence-electron chi connectivity index (χ1n) is 14.8. The first kappa shape index (κ1) is 33.2. The predicted octanol–water partition coefficient (Wildman–Crippen LogP) is 4.40. The molecule has 1 unspecified atom stereocenters. The van der Waals surface area contributed by atoms with Gasteiger partial charge in [-0.2, -0.15) is 0 Å². The second-order valence-corrected chi connectivity index (χ2v) is 11.0. The Morgan fingerprint density at radius 1 is 1.02 bits per heavy atom. The van der Waals surface area contributed by atoms with Gasteiger partial charge < -0.3 is 24.3 Å². The van der Waals surface area contributed by atoms with Crippen molar-refractivity contribution < 1.29 is 38.1 Å². The van der Waals surface area contributed by atoms with Gasteiger partial charge in [-0.3, -0.25) is 23.7 Å². The molecule has 0 bridgehead atoms. The summed E-state index contributed by atoms with van der Waals surface area (Å²) in [6, 6.07) is 8.67. The topological polar surface area (TPSA) is 161 Å². The van der Waals surface area contributed by atoms with Crippen LogP contribution < -0.4 is 5.32 Å². The summed E-state index contributed by atoms with van der Waals surface area (Å²) in [5.41, 5.74) is 1.05. The number of esters is 3. The van der Waals surface area contributed by atoms with Crippen LogP contribution in [0.3, 0.4) is 0 Å². The number of benzene rings is 1. The molecule has 13 nitrogen and oxygen atoms in total. The van der Waals surface area contributed by atoms with E-state index in [2.05, 4.69) is 26.8 Å². The van der Waals surface area contributed by atoms with Gasteiger partial charge in [-0.25, -0.2) is 15.0 Å². The Bertz CT molecular complexity index is 1510. The lowest BCUT2D eigenvalue weighted by atomic mass is 9.87. The molecule has 3 heterocycles. The highest BCUT2D eigenvalue weighted by Crippen LogP contribution is 2.40. The van der Waals surface area contributed by atoms with Crippen LogP contribution in [-0.2, 0) is 33.3 Å². The van der Waals surface area contributed by atoms with Crippen molar-refractivity contribution in [1.82, 2.24) is 19.5 Å². The maximum atomic E-state index is 12.8. The van der Waals surface area contributed by atoms with E-state index in [4.69, 9.17) is 18.9 Å². The number of ether oxygens (including phenoxy) is 4. The second kappa shape index (κ2) is 15.4. The molecular formula is C32H39N5O8. The molecule has 1 N–H and O–H groups in total. The molecule has 0 radical (unpaired) electrons. The molecule has 6 atom stereocenters. The van der Waals surface area contributed by atoms with E-state index in [-0.39, 0.29) is 29.5 Å². The molecule has 0 spiro atoms. The van der Waals surface area contributed by atoms with E-state index < -0.39 is 36.5 Å². The van der Waals surface area contributed by atoms with Crippen molar-refractivity contribution >= 4 is 40.8 Å². The van der Waals surface area contributed by atoms with Gasteiger partial charge in [-0.05, 0) is 50.2 Å². The third-order valence-electron chi connectivity index (χ3n) is 7.75. The van der Waals surface area contributed by atoms with E-state index in [1.165, 1.54) is 33.6 Å². The predicted molar refractivity (Wildman–Crippen MR) is 163 cm³/mol. The number of hydrogen-bond acceptors (Lipinski definition) is 11. The molecule has 1 aliphatic rings. The van der Waals surface area contributed by atoms with Gasteiger partial charge in [-0.1, -0.05) is 31.2 Å². The summed E-state index contributed by atoms with van der Waals surface area (Å²) in [6.07, 6.45) is 4.21. The third kappa shape index (κ3) is 8.29. The number of imidazole rings is 1. The molecule has 4 rings (SSSR count). The lowest BCUT2D eigenvalue weighted by Crippen LogP contribution is -2.39. The van der Waals surface area contributed by atoms with E-state index in [0.29, 0.717) is 36.0 Å². The Balaban J connectivity index is 1.65. The quantitative estimate of drug-likeness (QED) is 0.154. The van der Waals surface area contributed by atoms with Crippen molar-refractivity contribution in [2.45, 2.75) is 77.4 Å². The molecule has 0 saturated carbocycles. The van der Waals surface area contributed by atoms with Gasteiger partial charge >= 0.3 is 17.9 Å². The van der Waals surface area contributed by atoms with Crippen molar-refractivity contribution in [2.75, 3.05) is 12.4 Å². The highest BCUT2D eigenvalue weighted by Gasteiger charge is 2.51. The number of carbonyl (C=O) groups is 4. The maximum Gasteiger partial charge on any atom is 0.308 e. The van der Waals surface area contributed by atoms with Crippen molar-refractivity contribution in [3.63, 3.8) is 0 Å². The number of nitrogens with one attached hydrogen (secondary N) is 1. The van der Waals surface area contributed by atoms with Crippen molar-refractivity contribution in [2.24, 2.45) is 11.8 Å². The monoisotopic (exact) mass is 621 g/mol. The molecule has 13 heteroatoms. The number of rotatable bonds is 14.